The predicted octanol–water partition coefficient (Wildman–Crippen LogP) is 2.12. The van der Waals surface area contributed by atoms with Gasteiger partial charge in [0.2, 0.25) is 0 Å². The summed E-state index contributed by atoms with van der Waals surface area (Å²) in [6.45, 7) is 7.77. The van der Waals surface area contributed by atoms with Crippen molar-refractivity contribution in [1.29, 1.82) is 0 Å². The number of aliphatic hydroxyl groups excluding tert-OH is 1. The Balaban J connectivity index is 2.05. The maximum atomic E-state index is 9.68. The highest BCUT2D eigenvalue weighted by Crippen LogP contribution is 2.24. The SMILES string of the molecule is CCN1CCN(C(CO)c2cccc(Br)c2)CC1. The molecule has 1 N–H and O–H groups in total. The van der Waals surface area contributed by atoms with E-state index in [-0.39, 0.29) is 12.6 Å². The Kier molecular flexibility index (Phi) is 5.18. The summed E-state index contributed by atoms with van der Waals surface area (Å²) in [4.78, 5) is 4.83. The molecule has 0 aliphatic carbocycles. The molecular formula is C14H21BrN2O. The topological polar surface area (TPSA) is 26.7 Å². The fourth-order valence-electron chi connectivity index (χ4n) is 2.54. The molecule has 100 valence electrons. The van der Waals surface area contributed by atoms with E-state index >= 15 is 0 Å². The fourth-order valence-corrected chi connectivity index (χ4v) is 2.95. The minimum absolute atomic E-state index is 0.126. The monoisotopic (exact) mass is 312 g/mol. The van der Waals surface area contributed by atoms with E-state index in [1.165, 1.54) is 5.56 Å². The van der Waals surface area contributed by atoms with E-state index in [2.05, 4.69) is 44.8 Å². The van der Waals surface area contributed by atoms with Gasteiger partial charge in [0.25, 0.3) is 0 Å². The van der Waals surface area contributed by atoms with Gasteiger partial charge in [0.15, 0.2) is 0 Å². The van der Waals surface area contributed by atoms with Gasteiger partial charge in [0, 0.05) is 30.7 Å². The van der Waals surface area contributed by atoms with Crippen LogP contribution in [0.5, 0.6) is 0 Å². The number of likely N-dealkylation sites (N-methyl/N-ethyl adjacent to an activating group) is 1. The van der Waals surface area contributed by atoms with Crippen molar-refractivity contribution < 1.29 is 5.11 Å². The lowest BCUT2D eigenvalue weighted by Crippen LogP contribution is -2.48. The van der Waals surface area contributed by atoms with E-state index in [0.717, 1.165) is 37.2 Å². The zero-order valence-corrected chi connectivity index (χ0v) is 12.4. The number of hydrogen-bond acceptors (Lipinski definition) is 3. The highest BCUT2D eigenvalue weighted by atomic mass is 79.9. The van der Waals surface area contributed by atoms with Crippen LogP contribution in [0.15, 0.2) is 28.7 Å². The number of halogens is 1. The van der Waals surface area contributed by atoms with Crippen LogP contribution >= 0.6 is 15.9 Å². The molecule has 18 heavy (non-hydrogen) atoms. The number of benzene rings is 1. The highest BCUT2D eigenvalue weighted by Gasteiger charge is 2.23. The van der Waals surface area contributed by atoms with Crippen molar-refractivity contribution in [2.45, 2.75) is 13.0 Å². The van der Waals surface area contributed by atoms with Crippen LogP contribution < -0.4 is 0 Å². The molecule has 1 saturated heterocycles. The van der Waals surface area contributed by atoms with Crippen LogP contribution in [0, 0.1) is 0 Å². The Morgan fingerprint density at radius 3 is 2.56 bits per heavy atom. The van der Waals surface area contributed by atoms with Crippen LogP contribution in [0.4, 0.5) is 0 Å². The summed E-state index contributed by atoms with van der Waals surface area (Å²) in [6, 6.07) is 8.38. The first kappa shape index (κ1) is 14.0. The summed E-state index contributed by atoms with van der Waals surface area (Å²) in [7, 11) is 0. The third-order valence-electron chi connectivity index (χ3n) is 3.70. The van der Waals surface area contributed by atoms with Gasteiger partial charge < -0.3 is 10.0 Å². The molecule has 1 heterocycles. The van der Waals surface area contributed by atoms with Gasteiger partial charge in [0.05, 0.1) is 12.6 Å². The van der Waals surface area contributed by atoms with Crippen molar-refractivity contribution >= 4 is 15.9 Å². The molecule has 3 nitrogen and oxygen atoms in total. The Labute approximate surface area is 118 Å². The van der Waals surface area contributed by atoms with Gasteiger partial charge in [0.1, 0.15) is 0 Å². The van der Waals surface area contributed by atoms with E-state index in [0.29, 0.717) is 0 Å². The Morgan fingerprint density at radius 1 is 1.28 bits per heavy atom. The summed E-state index contributed by atoms with van der Waals surface area (Å²) in [5.41, 5.74) is 1.19. The minimum atomic E-state index is 0.126. The van der Waals surface area contributed by atoms with Crippen LogP contribution in [0.2, 0.25) is 0 Å². The van der Waals surface area contributed by atoms with Gasteiger partial charge in [-0.15, -0.1) is 0 Å². The normalized spacial score (nSPS) is 19.9. The standard InChI is InChI=1S/C14H21BrN2O/c1-2-16-6-8-17(9-7-16)14(11-18)12-4-3-5-13(15)10-12/h3-5,10,14,18H,2,6-9,11H2,1H3. The minimum Gasteiger partial charge on any atom is -0.394 e. The lowest BCUT2D eigenvalue weighted by molar-refractivity contribution is 0.0672. The molecule has 4 heteroatoms. The predicted molar refractivity (Wildman–Crippen MR) is 77.7 cm³/mol. The van der Waals surface area contributed by atoms with Crippen LogP contribution in [-0.4, -0.2) is 54.2 Å². The third-order valence-corrected chi connectivity index (χ3v) is 4.19. The molecule has 0 bridgehead atoms. The first-order valence-electron chi connectivity index (χ1n) is 6.57. The first-order valence-corrected chi connectivity index (χ1v) is 7.36. The molecular weight excluding hydrogens is 292 g/mol. The van der Waals surface area contributed by atoms with Crippen molar-refractivity contribution in [1.82, 2.24) is 9.80 Å². The highest BCUT2D eigenvalue weighted by molar-refractivity contribution is 9.10. The molecule has 1 atom stereocenters. The molecule has 0 amide bonds. The number of aliphatic hydroxyl groups is 1. The number of rotatable bonds is 4. The van der Waals surface area contributed by atoms with Gasteiger partial charge >= 0.3 is 0 Å². The molecule has 1 fully saturated rings. The van der Waals surface area contributed by atoms with Crippen molar-refractivity contribution in [3.8, 4) is 0 Å². The number of hydrogen-bond donors (Lipinski definition) is 1. The average Bonchev–Trinajstić information content (AvgIpc) is 2.40. The molecule has 0 aromatic heterocycles. The Morgan fingerprint density at radius 2 is 2.00 bits per heavy atom. The van der Waals surface area contributed by atoms with Gasteiger partial charge in [-0.25, -0.2) is 0 Å². The van der Waals surface area contributed by atoms with Gasteiger partial charge in [-0.3, -0.25) is 4.90 Å². The van der Waals surface area contributed by atoms with Crippen LogP contribution in [0.1, 0.15) is 18.5 Å². The quantitative estimate of drug-likeness (QED) is 0.922. The molecule has 1 aromatic rings. The van der Waals surface area contributed by atoms with Crippen LogP contribution in [0.3, 0.4) is 0 Å². The van der Waals surface area contributed by atoms with Crippen molar-refractivity contribution in [3.05, 3.63) is 34.3 Å². The molecule has 0 radical (unpaired) electrons. The Bertz CT molecular complexity index is 378. The van der Waals surface area contributed by atoms with Crippen LogP contribution in [0.25, 0.3) is 0 Å². The summed E-state index contributed by atoms with van der Waals surface area (Å²) < 4.78 is 1.07. The average molecular weight is 313 g/mol. The van der Waals surface area contributed by atoms with E-state index in [1.54, 1.807) is 0 Å². The molecule has 1 aliphatic heterocycles. The second-order valence-electron chi connectivity index (χ2n) is 4.72. The van der Waals surface area contributed by atoms with Gasteiger partial charge in [-0.1, -0.05) is 35.0 Å². The number of nitrogens with zero attached hydrogens (tertiary/aromatic N) is 2. The molecule has 2 rings (SSSR count). The maximum Gasteiger partial charge on any atom is 0.0628 e. The second-order valence-corrected chi connectivity index (χ2v) is 5.64. The maximum absolute atomic E-state index is 9.68. The largest absolute Gasteiger partial charge is 0.394 e. The molecule has 0 saturated carbocycles. The molecule has 0 spiro atoms. The van der Waals surface area contributed by atoms with Crippen molar-refractivity contribution in [2.75, 3.05) is 39.3 Å². The smallest absolute Gasteiger partial charge is 0.0628 e. The van der Waals surface area contributed by atoms with E-state index in [1.807, 2.05) is 12.1 Å². The molecule has 1 aliphatic rings. The molecule has 1 unspecified atom stereocenters. The Hall–Kier alpha value is -0.420. The lowest BCUT2D eigenvalue weighted by atomic mass is 10.1. The fraction of sp³-hybridized carbons (Fsp3) is 0.571. The summed E-state index contributed by atoms with van der Waals surface area (Å²) in [5, 5.41) is 9.68. The molecule has 1 aromatic carbocycles. The van der Waals surface area contributed by atoms with Crippen molar-refractivity contribution in [3.63, 3.8) is 0 Å². The summed E-state index contributed by atoms with van der Waals surface area (Å²) in [5.74, 6) is 0. The third kappa shape index (κ3) is 3.32. The second kappa shape index (κ2) is 6.66. The zero-order valence-electron chi connectivity index (χ0n) is 10.8. The van der Waals surface area contributed by atoms with E-state index < -0.39 is 0 Å². The summed E-state index contributed by atoms with van der Waals surface area (Å²) in [6.07, 6.45) is 0. The van der Waals surface area contributed by atoms with E-state index in [9.17, 15) is 5.11 Å². The van der Waals surface area contributed by atoms with Crippen LogP contribution in [-0.2, 0) is 0 Å². The lowest BCUT2D eigenvalue weighted by Gasteiger charge is -2.38. The first-order chi connectivity index (χ1) is 8.74. The van der Waals surface area contributed by atoms with Crippen molar-refractivity contribution in [2.24, 2.45) is 0 Å². The van der Waals surface area contributed by atoms with Gasteiger partial charge in [-0.2, -0.15) is 0 Å². The number of piperazine rings is 1. The van der Waals surface area contributed by atoms with Gasteiger partial charge in [-0.05, 0) is 24.2 Å². The zero-order chi connectivity index (χ0) is 13.0. The van der Waals surface area contributed by atoms with E-state index in [4.69, 9.17) is 0 Å². The summed E-state index contributed by atoms with van der Waals surface area (Å²) >= 11 is 3.50.